The van der Waals surface area contributed by atoms with E-state index < -0.39 is 30.4 Å². The van der Waals surface area contributed by atoms with Crippen molar-refractivity contribution in [2.45, 2.75) is 38.0 Å². The average Bonchev–Trinajstić information content (AvgIpc) is 3.38. The molecule has 0 fully saturated rings. The van der Waals surface area contributed by atoms with Crippen LogP contribution in [0, 0.1) is 0 Å². The molecule has 1 atom stereocenters. The fraction of sp³-hybridized carbons (Fsp3) is 0.276. The van der Waals surface area contributed by atoms with E-state index in [-0.39, 0.29) is 10.6 Å². The maximum atomic E-state index is 11.7. The number of alkyl halides is 6. The molecule has 47 heavy (non-hydrogen) atoms. The average molecular weight is 712 g/mol. The summed E-state index contributed by atoms with van der Waals surface area (Å²) in [6.45, 7) is 2.52. The van der Waals surface area contributed by atoms with E-state index in [0.717, 1.165) is 34.9 Å². The fourth-order valence-electron chi connectivity index (χ4n) is 3.76. The second kappa shape index (κ2) is 17.7. The number of aliphatic carboxylic acids is 2. The highest BCUT2D eigenvalue weighted by molar-refractivity contribution is 7.16. The molecule has 4 aromatic rings. The Morgan fingerprint density at radius 1 is 0.872 bits per heavy atom. The van der Waals surface area contributed by atoms with Crippen LogP contribution in [0.25, 0.3) is 10.2 Å². The number of fused-ring (bicyclic) bond motifs is 1. The van der Waals surface area contributed by atoms with E-state index in [0.29, 0.717) is 35.4 Å². The summed E-state index contributed by atoms with van der Waals surface area (Å²) in [6, 6.07) is 19.4. The molecule has 4 rings (SSSR count). The van der Waals surface area contributed by atoms with Crippen LogP contribution in [0.5, 0.6) is 5.75 Å². The van der Waals surface area contributed by atoms with Crippen LogP contribution in [-0.2, 0) is 29.1 Å². The first-order chi connectivity index (χ1) is 21.9. The number of thiazole rings is 1. The monoisotopic (exact) mass is 711 g/mol. The Hall–Kier alpha value is -4.16. The minimum absolute atomic E-state index is 0.00787. The second-order valence-corrected chi connectivity index (χ2v) is 10.9. The van der Waals surface area contributed by atoms with Gasteiger partial charge in [0.1, 0.15) is 11.3 Å². The van der Waals surface area contributed by atoms with Crippen LogP contribution < -0.4 is 15.5 Å². The molecule has 0 aliphatic heterocycles. The molecule has 256 valence electrons. The zero-order chi connectivity index (χ0) is 35.4. The second-order valence-electron chi connectivity index (χ2n) is 9.48. The molecule has 0 aliphatic carbocycles. The molecule has 0 saturated heterocycles. The largest absolute Gasteiger partial charge is 0.506 e. The van der Waals surface area contributed by atoms with Crippen LogP contribution in [0.3, 0.4) is 0 Å². The molecule has 0 aliphatic rings. The molecule has 18 heteroatoms. The number of benzene rings is 3. The van der Waals surface area contributed by atoms with E-state index in [1.54, 1.807) is 6.07 Å². The predicted octanol–water partition coefficient (Wildman–Crippen LogP) is 5.37. The number of aromatic hydroxyl groups is 1. The zero-order valence-corrected chi connectivity index (χ0v) is 25.5. The summed E-state index contributed by atoms with van der Waals surface area (Å²) in [5, 5.41) is 42.2. The molecular weight excluding hydrogens is 684 g/mol. The lowest BCUT2D eigenvalue weighted by molar-refractivity contribution is -0.193. The van der Waals surface area contributed by atoms with Gasteiger partial charge in [0, 0.05) is 30.2 Å². The van der Waals surface area contributed by atoms with Gasteiger partial charge in [-0.05, 0) is 41.8 Å². The van der Waals surface area contributed by atoms with Crippen LogP contribution in [0.2, 0.25) is 5.02 Å². The number of hydrogen-bond donors (Lipinski definition) is 7. The van der Waals surface area contributed by atoms with Crippen molar-refractivity contribution in [3.63, 3.8) is 0 Å². The molecule has 0 bridgehead atoms. The highest BCUT2D eigenvalue weighted by Gasteiger charge is 2.38. The number of hydrogen-bond acceptors (Lipinski definition) is 8. The lowest BCUT2D eigenvalue weighted by atomic mass is 10.1. The molecule has 0 spiro atoms. The third-order valence-electron chi connectivity index (χ3n) is 5.95. The molecule has 0 saturated carbocycles. The molecule has 10 nitrogen and oxygen atoms in total. The number of aliphatic hydroxyl groups is 1. The Morgan fingerprint density at radius 3 is 2.06 bits per heavy atom. The first-order valence-electron chi connectivity index (χ1n) is 13.3. The number of halogens is 7. The van der Waals surface area contributed by atoms with Crippen molar-refractivity contribution in [3.8, 4) is 5.75 Å². The van der Waals surface area contributed by atoms with Crippen LogP contribution in [0.4, 0.5) is 26.3 Å². The molecule has 0 radical (unpaired) electrons. The number of aromatic nitrogens is 1. The summed E-state index contributed by atoms with van der Waals surface area (Å²) in [5.74, 6) is -5.51. The van der Waals surface area contributed by atoms with Gasteiger partial charge in [-0.1, -0.05) is 71.5 Å². The van der Waals surface area contributed by atoms with Crippen molar-refractivity contribution < 1.29 is 56.4 Å². The Bertz CT molecular complexity index is 1670. The van der Waals surface area contributed by atoms with Crippen molar-refractivity contribution in [1.29, 1.82) is 0 Å². The molecule has 0 unspecified atom stereocenters. The van der Waals surface area contributed by atoms with Gasteiger partial charge in [0.15, 0.2) is 0 Å². The summed E-state index contributed by atoms with van der Waals surface area (Å²) >= 11 is 7.20. The lowest BCUT2D eigenvalue weighted by Gasteiger charge is -2.14. The molecule has 1 heterocycles. The van der Waals surface area contributed by atoms with Gasteiger partial charge < -0.3 is 36.0 Å². The van der Waals surface area contributed by atoms with Gasteiger partial charge in [-0.15, -0.1) is 0 Å². The van der Waals surface area contributed by atoms with Gasteiger partial charge in [0.25, 0.3) is 0 Å². The number of aliphatic hydroxyl groups excluding tert-OH is 1. The van der Waals surface area contributed by atoms with Crippen molar-refractivity contribution in [2.24, 2.45) is 0 Å². The first kappa shape index (κ1) is 39.0. The van der Waals surface area contributed by atoms with Crippen LogP contribution in [0.1, 0.15) is 28.4 Å². The van der Waals surface area contributed by atoms with Crippen LogP contribution >= 0.6 is 22.9 Å². The minimum Gasteiger partial charge on any atom is -0.506 e. The Kier molecular flexibility index (Phi) is 14.7. The molecule has 0 amide bonds. The molecular formula is C29H28ClF6N3O7S. The third kappa shape index (κ3) is 13.2. The van der Waals surface area contributed by atoms with E-state index in [4.69, 9.17) is 31.4 Å². The number of nitrogens with one attached hydrogen (secondary N) is 3. The third-order valence-corrected chi connectivity index (χ3v) is 7.25. The van der Waals surface area contributed by atoms with Gasteiger partial charge in [0.05, 0.1) is 10.8 Å². The van der Waals surface area contributed by atoms with Gasteiger partial charge >= 0.3 is 29.2 Å². The summed E-state index contributed by atoms with van der Waals surface area (Å²) in [6.07, 6.45) is -10.1. The maximum absolute atomic E-state index is 11.7. The minimum atomic E-state index is -5.08. The number of rotatable bonds is 10. The predicted molar refractivity (Wildman–Crippen MR) is 161 cm³/mol. The lowest BCUT2D eigenvalue weighted by Crippen LogP contribution is -2.24. The van der Waals surface area contributed by atoms with E-state index in [2.05, 4.69) is 39.9 Å². The van der Waals surface area contributed by atoms with Crippen LogP contribution in [-0.4, -0.2) is 62.8 Å². The normalized spacial score (nSPS) is 12.0. The maximum Gasteiger partial charge on any atom is 0.490 e. The molecule has 3 aromatic carbocycles. The van der Waals surface area contributed by atoms with Crippen molar-refractivity contribution in [3.05, 3.63) is 97.6 Å². The molecule has 7 N–H and O–H groups in total. The summed E-state index contributed by atoms with van der Waals surface area (Å²) in [5.41, 5.74) is 4.50. The number of aromatic amines is 1. The number of carbonyl (C=O) groups is 2. The Morgan fingerprint density at radius 2 is 1.47 bits per heavy atom. The van der Waals surface area contributed by atoms with Crippen LogP contribution in [0.15, 0.2) is 65.5 Å². The number of H-pyrrole nitrogens is 1. The number of carboxylic acids is 2. The van der Waals surface area contributed by atoms with Crippen molar-refractivity contribution in [1.82, 2.24) is 15.6 Å². The Labute approximate surface area is 271 Å². The van der Waals surface area contributed by atoms with Crippen molar-refractivity contribution in [2.75, 3.05) is 13.1 Å². The smallest absolute Gasteiger partial charge is 0.490 e. The summed E-state index contributed by atoms with van der Waals surface area (Å²) in [7, 11) is 0. The summed E-state index contributed by atoms with van der Waals surface area (Å²) < 4.78 is 64.1. The van der Waals surface area contributed by atoms with E-state index >= 15 is 0 Å². The highest BCUT2D eigenvalue weighted by atomic mass is 35.5. The van der Waals surface area contributed by atoms with Gasteiger partial charge in [-0.2, -0.15) is 26.3 Å². The van der Waals surface area contributed by atoms with Gasteiger partial charge in [0.2, 0.25) is 0 Å². The molecule has 1 aromatic heterocycles. The van der Waals surface area contributed by atoms with E-state index in [1.165, 1.54) is 17.2 Å². The Balaban J connectivity index is 0.000000459. The van der Waals surface area contributed by atoms with Gasteiger partial charge in [-0.25, -0.2) is 9.59 Å². The quantitative estimate of drug-likeness (QED) is 0.0844. The topological polar surface area (TPSA) is 172 Å². The van der Waals surface area contributed by atoms with Gasteiger partial charge in [-0.3, -0.25) is 4.79 Å². The highest BCUT2D eigenvalue weighted by Crippen LogP contribution is 2.31. The number of carboxylic acid groups (broad SMARTS) is 2. The SMILES string of the molecule is O=C(O)C(F)(F)F.O=C(O)C(F)(F)F.O=c1[nH]c2c(O)ccc([C@@H](O)CNCCc3cccc(CNCc4ccccc4Cl)c3)c2s1. The fourth-order valence-corrected chi connectivity index (χ4v) is 4.88. The van der Waals surface area contributed by atoms with Crippen molar-refractivity contribution >= 4 is 45.1 Å². The summed E-state index contributed by atoms with van der Waals surface area (Å²) in [4.78, 5) is 31.8. The zero-order valence-electron chi connectivity index (χ0n) is 24.0. The number of phenols is 1. The number of phenolic OH excluding ortho intramolecular Hbond substituents is 1. The standard InChI is InChI=1S/C25H26ClN3O3S.2C2HF3O2/c26-20-7-2-1-6-18(20)14-28-13-17-5-3-4-16(12-17)10-11-27-15-22(31)19-8-9-21(30)23-24(19)33-25(32)29-23;2*3-2(4,5)1(6)7/h1-9,12,22,27-28,30-31H,10-11,13-15H2,(H,29,32);2*(H,6,7)/t22-;;/m0../s1. The van der Waals surface area contributed by atoms with E-state index in [9.17, 15) is 41.4 Å². The van der Waals surface area contributed by atoms with E-state index in [1.807, 2.05) is 24.3 Å². The first-order valence-corrected chi connectivity index (χ1v) is 14.4.